The molecular formula is C29H33F3N4O3. The topological polar surface area (TPSA) is 115 Å². The van der Waals surface area contributed by atoms with Crippen LogP contribution in [0, 0.1) is 28.5 Å². The molecular weight excluding hydrogens is 509 g/mol. The second-order valence-electron chi connectivity index (χ2n) is 9.20. The van der Waals surface area contributed by atoms with Gasteiger partial charge in [0.2, 0.25) is 0 Å². The van der Waals surface area contributed by atoms with Gasteiger partial charge in [-0.3, -0.25) is 9.59 Å². The van der Waals surface area contributed by atoms with E-state index in [2.05, 4.69) is 27.5 Å². The van der Waals surface area contributed by atoms with E-state index in [1.165, 1.54) is 36.4 Å². The first-order chi connectivity index (χ1) is 18.7. The fourth-order valence-corrected chi connectivity index (χ4v) is 3.68. The fraction of sp³-hybridized carbons (Fsp3) is 0.448. The number of alkyl halides is 2. The average Bonchev–Trinajstić information content (AvgIpc) is 3.86. The number of nitrogens with zero attached hydrogens (tertiary/aromatic N) is 2. The van der Waals surface area contributed by atoms with Gasteiger partial charge in [0.15, 0.2) is 11.6 Å². The molecule has 208 valence electrons. The Kier molecular flexibility index (Phi) is 12.1. The molecule has 2 saturated carbocycles. The van der Waals surface area contributed by atoms with E-state index in [9.17, 15) is 22.8 Å². The van der Waals surface area contributed by atoms with Crippen LogP contribution >= 0.6 is 0 Å². The molecule has 0 saturated heterocycles. The maximum absolute atomic E-state index is 12.9. The zero-order valence-corrected chi connectivity index (χ0v) is 22.1. The van der Waals surface area contributed by atoms with E-state index >= 15 is 0 Å². The number of hydrogen-bond acceptors (Lipinski definition) is 7. The fourth-order valence-electron chi connectivity index (χ4n) is 3.68. The largest absolute Gasteiger partial charge is 0.435 e. The Bertz CT molecular complexity index is 1200. The highest BCUT2D eigenvalue weighted by atomic mass is 19.3. The summed E-state index contributed by atoms with van der Waals surface area (Å²) in [5.74, 6) is -0.805. The van der Waals surface area contributed by atoms with Crippen LogP contribution in [0.25, 0.3) is 0 Å². The SMILES string of the molecule is CC.N#CCC1(NCC(=O)c2cccc(F)c2)CC1.N#CCC1(NCC(=O)c2cccc(OC(F)F)c2)CC1. The van der Waals surface area contributed by atoms with Gasteiger partial charge >= 0.3 is 6.61 Å². The first-order valence-electron chi connectivity index (χ1n) is 12.8. The maximum Gasteiger partial charge on any atom is 0.387 e. The van der Waals surface area contributed by atoms with Gasteiger partial charge in [0.1, 0.15) is 11.6 Å². The molecule has 2 aliphatic rings. The van der Waals surface area contributed by atoms with Crippen molar-refractivity contribution in [3.8, 4) is 17.9 Å². The van der Waals surface area contributed by atoms with Crippen LogP contribution in [-0.2, 0) is 0 Å². The van der Waals surface area contributed by atoms with E-state index < -0.39 is 12.4 Å². The second-order valence-corrected chi connectivity index (χ2v) is 9.20. The van der Waals surface area contributed by atoms with E-state index in [0.717, 1.165) is 25.7 Å². The first kappa shape index (κ1) is 31.5. The summed E-state index contributed by atoms with van der Waals surface area (Å²) >= 11 is 0. The number of ether oxygens (including phenoxy) is 1. The molecule has 0 atom stereocenters. The lowest BCUT2D eigenvalue weighted by atomic mass is 10.1. The maximum atomic E-state index is 12.9. The molecule has 0 amide bonds. The molecule has 2 aromatic carbocycles. The van der Waals surface area contributed by atoms with E-state index in [-0.39, 0.29) is 41.5 Å². The summed E-state index contributed by atoms with van der Waals surface area (Å²) in [6.07, 6.45) is 4.40. The van der Waals surface area contributed by atoms with Crippen LogP contribution in [0.15, 0.2) is 48.5 Å². The minimum atomic E-state index is -2.91. The molecule has 0 radical (unpaired) electrons. The predicted octanol–water partition coefficient (Wildman–Crippen LogP) is 5.58. The number of nitrogens with one attached hydrogen (secondary N) is 2. The first-order valence-corrected chi connectivity index (χ1v) is 12.8. The van der Waals surface area contributed by atoms with Gasteiger partial charge in [-0.15, -0.1) is 0 Å². The molecule has 0 bridgehead atoms. The van der Waals surface area contributed by atoms with E-state index in [1.54, 1.807) is 12.1 Å². The Hall–Kier alpha value is -3.73. The monoisotopic (exact) mass is 542 g/mol. The summed E-state index contributed by atoms with van der Waals surface area (Å²) in [7, 11) is 0. The Balaban J connectivity index is 0.000000260. The molecule has 10 heteroatoms. The molecule has 2 N–H and O–H groups in total. The average molecular weight is 543 g/mol. The van der Waals surface area contributed by atoms with Gasteiger partial charge < -0.3 is 15.4 Å². The van der Waals surface area contributed by atoms with Gasteiger partial charge in [-0.25, -0.2) is 4.39 Å². The number of halogens is 3. The minimum absolute atomic E-state index is 0.0380. The molecule has 2 aromatic rings. The lowest BCUT2D eigenvalue weighted by molar-refractivity contribution is -0.0498. The number of nitriles is 2. The third kappa shape index (κ3) is 10.5. The number of Topliss-reactive ketones (excluding diaryl/α,β-unsaturated/α-hetero) is 2. The van der Waals surface area contributed by atoms with Crippen molar-refractivity contribution in [2.24, 2.45) is 0 Å². The third-order valence-electron chi connectivity index (χ3n) is 6.32. The van der Waals surface area contributed by atoms with Crippen molar-refractivity contribution < 1.29 is 27.5 Å². The highest BCUT2D eigenvalue weighted by molar-refractivity contribution is 5.98. The Labute approximate surface area is 227 Å². The molecule has 7 nitrogen and oxygen atoms in total. The lowest BCUT2D eigenvalue weighted by Gasteiger charge is -2.13. The normalized spacial score (nSPS) is 15.3. The lowest BCUT2D eigenvalue weighted by Crippen LogP contribution is -2.35. The van der Waals surface area contributed by atoms with Crippen molar-refractivity contribution in [1.29, 1.82) is 10.5 Å². The summed E-state index contributed by atoms with van der Waals surface area (Å²) in [4.78, 5) is 23.7. The standard InChI is InChI=1S/C14H14F2N2O2.C13H13FN2O.C2H6/c15-13(16)20-11-3-1-2-10(8-11)12(19)9-18-14(4-5-14)6-7-17;14-11-3-1-2-10(8-11)12(17)9-16-13(4-5-13)6-7-15;1-2/h1-3,8,13,18H,4-6,9H2;1-3,8,16H,4-6,9H2;1-2H3. The van der Waals surface area contributed by atoms with Crippen molar-refractivity contribution in [2.45, 2.75) is 70.1 Å². The molecule has 0 heterocycles. The van der Waals surface area contributed by atoms with Crippen molar-refractivity contribution in [3.63, 3.8) is 0 Å². The van der Waals surface area contributed by atoms with Gasteiger partial charge in [-0.1, -0.05) is 38.1 Å². The predicted molar refractivity (Wildman–Crippen MR) is 140 cm³/mol. The molecule has 0 aromatic heterocycles. The number of rotatable bonds is 12. The minimum Gasteiger partial charge on any atom is -0.435 e. The van der Waals surface area contributed by atoms with Gasteiger partial charge in [0.25, 0.3) is 0 Å². The van der Waals surface area contributed by atoms with Gasteiger partial charge in [0, 0.05) is 22.2 Å². The Morgan fingerprint density at radius 3 is 1.74 bits per heavy atom. The van der Waals surface area contributed by atoms with E-state index in [4.69, 9.17) is 10.5 Å². The third-order valence-corrected chi connectivity index (χ3v) is 6.32. The van der Waals surface area contributed by atoms with Crippen LogP contribution < -0.4 is 15.4 Å². The summed E-state index contributed by atoms with van der Waals surface area (Å²) in [6.45, 7) is 1.33. The number of carbonyl (C=O) groups excluding carboxylic acids is 2. The van der Waals surface area contributed by atoms with Gasteiger partial charge in [-0.05, 0) is 49.9 Å². The summed E-state index contributed by atoms with van der Waals surface area (Å²) < 4.78 is 41.4. The quantitative estimate of drug-likeness (QED) is 0.337. The molecule has 39 heavy (non-hydrogen) atoms. The zero-order chi connectivity index (χ0) is 28.9. The van der Waals surface area contributed by atoms with Crippen LogP contribution in [0.2, 0.25) is 0 Å². The molecule has 2 aliphatic carbocycles. The smallest absolute Gasteiger partial charge is 0.387 e. The highest BCUT2D eigenvalue weighted by Crippen LogP contribution is 2.38. The number of hydrogen-bond donors (Lipinski definition) is 2. The summed E-state index contributed by atoms with van der Waals surface area (Å²) in [6, 6.07) is 15.5. The Morgan fingerprint density at radius 2 is 1.33 bits per heavy atom. The van der Waals surface area contributed by atoms with Crippen LogP contribution in [0.4, 0.5) is 13.2 Å². The molecule has 2 fully saturated rings. The van der Waals surface area contributed by atoms with Gasteiger partial charge in [0.05, 0.1) is 38.1 Å². The van der Waals surface area contributed by atoms with Crippen molar-refractivity contribution in [1.82, 2.24) is 10.6 Å². The van der Waals surface area contributed by atoms with Crippen molar-refractivity contribution in [3.05, 3.63) is 65.5 Å². The van der Waals surface area contributed by atoms with E-state index in [0.29, 0.717) is 24.0 Å². The van der Waals surface area contributed by atoms with Crippen molar-refractivity contribution >= 4 is 11.6 Å². The summed E-state index contributed by atoms with van der Waals surface area (Å²) in [5.41, 5.74) is 0.271. The molecule has 0 unspecified atom stereocenters. The van der Waals surface area contributed by atoms with Crippen LogP contribution in [-0.4, -0.2) is 42.3 Å². The van der Waals surface area contributed by atoms with Crippen LogP contribution in [0.3, 0.4) is 0 Å². The highest BCUT2D eigenvalue weighted by Gasteiger charge is 2.42. The number of benzene rings is 2. The van der Waals surface area contributed by atoms with Gasteiger partial charge in [-0.2, -0.15) is 19.3 Å². The zero-order valence-electron chi connectivity index (χ0n) is 22.1. The van der Waals surface area contributed by atoms with Crippen LogP contribution in [0.5, 0.6) is 5.75 Å². The second kappa shape index (κ2) is 15.0. The molecule has 0 spiro atoms. The van der Waals surface area contributed by atoms with Crippen molar-refractivity contribution in [2.75, 3.05) is 13.1 Å². The Morgan fingerprint density at radius 1 is 0.872 bits per heavy atom. The number of carbonyl (C=O) groups is 2. The summed E-state index contributed by atoms with van der Waals surface area (Å²) in [5, 5.41) is 23.5. The van der Waals surface area contributed by atoms with E-state index in [1.807, 2.05) is 13.8 Å². The number of ketones is 2. The molecule has 0 aliphatic heterocycles. The molecule has 4 rings (SSSR count). The van der Waals surface area contributed by atoms with Crippen LogP contribution in [0.1, 0.15) is 73.1 Å².